The van der Waals surface area contributed by atoms with Crippen LogP contribution < -0.4 is 9.62 Å². The van der Waals surface area contributed by atoms with Gasteiger partial charge in [-0.15, -0.1) is 0 Å². The molecule has 2 atom stereocenters. The maximum absolute atomic E-state index is 15.0. The van der Waals surface area contributed by atoms with Crippen molar-refractivity contribution in [3.05, 3.63) is 47.5 Å². The highest BCUT2D eigenvalue weighted by Gasteiger charge is 2.60. The Morgan fingerprint density at radius 2 is 1.95 bits per heavy atom. The number of methoxy groups -OCH3 is 1. The van der Waals surface area contributed by atoms with Gasteiger partial charge in [0.1, 0.15) is 23.7 Å². The molecule has 0 bridgehead atoms. The molecule has 0 aliphatic carbocycles. The second kappa shape index (κ2) is 8.96. The molecule has 14 heteroatoms. The van der Waals surface area contributed by atoms with E-state index in [2.05, 4.69) is 5.16 Å². The van der Waals surface area contributed by atoms with Crippen LogP contribution in [0, 0.1) is 11.6 Å². The number of anilines is 1. The summed E-state index contributed by atoms with van der Waals surface area (Å²) in [5.74, 6) is -5.32. The Kier molecular flexibility index (Phi) is 6.15. The fourth-order valence-corrected chi connectivity index (χ4v) is 5.77. The van der Waals surface area contributed by atoms with Gasteiger partial charge in [0, 0.05) is 25.8 Å². The maximum atomic E-state index is 15.0. The van der Waals surface area contributed by atoms with Crippen LogP contribution >= 0.6 is 0 Å². The molecule has 2 aliphatic rings. The van der Waals surface area contributed by atoms with Gasteiger partial charge in [0.25, 0.3) is 5.92 Å². The third kappa shape index (κ3) is 4.32. The lowest BCUT2D eigenvalue weighted by atomic mass is 9.97. The van der Waals surface area contributed by atoms with Gasteiger partial charge in [-0.25, -0.2) is 35.5 Å². The SMILES string of the molecule is COCc1cc(-c2c(F)cccc2F)c2c(N3CC[C@H]4N(C[C@@H](NS(C)(=O)=O)C4(F)F)C3=O)noc2c1. The van der Waals surface area contributed by atoms with Gasteiger partial charge >= 0.3 is 6.03 Å². The van der Waals surface area contributed by atoms with Crippen molar-refractivity contribution in [3.8, 4) is 11.1 Å². The minimum Gasteiger partial charge on any atom is -0.380 e. The zero-order valence-corrected chi connectivity index (χ0v) is 20.5. The quantitative estimate of drug-likeness (QED) is 0.479. The van der Waals surface area contributed by atoms with Gasteiger partial charge in [-0.1, -0.05) is 11.2 Å². The summed E-state index contributed by atoms with van der Waals surface area (Å²) in [5.41, 5.74) is 0.312. The molecule has 2 saturated heterocycles. The van der Waals surface area contributed by atoms with Crippen molar-refractivity contribution in [1.82, 2.24) is 14.8 Å². The van der Waals surface area contributed by atoms with Crippen molar-refractivity contribution in [2.75, 3.05) is 31.4 Å². The van der Waals surface area contributed by atoms with Crippen molar-refractivity contribution in [2.45, 2.75) is 31.0 Å². The number of alkyl halides is 2. The van der Waals surface area contributed by atoms with Crippen LogP contribution in [0.2, 0.25) is 0 Å². The predicted octanol–water partition coefficient (Wildman–Crippen LogP) is 3.49. The molecule has 0 spiro atoms. The summed E-state index contributed by atoms with van der Waals surface area (Å²) in [6, 6.07) is 2.21. The van der Waals surface area contributed by atoms with E-state index >= 15 is 0 Å². The summed E-state index contributed by atoms with van der Waals surface area (Å²) in [6.45, 7) is -0.679. The number of fused-ring (bicyclic) bond motifs is 2. The van der Waals surface area contributed by atoms with Crippen molar-refractivity contribution < 1.29 is 40.0 Å². The van der Waals surface area contributed by atoms with Crippen molar-refractivity contribution >= 4 is 32.8 Å². The van der Waals surface area contributed by atoms with E-state index in [1.54, 1.807) is 6.07 Å². The number of nitrogens with zero attached hydrogens (tertiary/aromatic N) is 3. The summed E-state index contributed by atoms with van der Waals surface area (Å²) in [6.07, 6.45) is 0.553. The molecular weight excluding hydrogens is 520 g/mol. The highest BCUT2D eigenvalue weighted by Crippen LogP contribution is 2.43. The van der Waals surface area contributed by atoms with Crippen molar-refractivity contribution in [1.29, 1.82) is 0 Å². The number of rotatable bonds is 6. The molecule has 198 valence electrons. The van der Waals surface area contributed by atoms with Crippen LogP contribution in [0.3, 0.4) is 0 Å². The van der Waals surface area contributed by atoms with Crippen LogP contribution in [0.25, 0.3) is 22.1 Å². The average Bonchev–Trinajstić information content (AvgIpc) is 3.32. The molecule has 2 aliphatic heterocycles. The molecule has 37 heavy (non-hydrogen) atoms. The number of hydrogen-bond acceptors (Lipinski definition) is 6. The highest BCUT2D eigenvalue weighted by atomic mass is 32.2. The molecule has 0 saturated carbocycles. The van der Waals surface area contributed by atoms with Crippen LogP contribution in [0.5, 0.6) is 0 Å². The maximum Gasteiger partial charge on any atom is 0.326 e. The molecule has 0 unspecified atom stereocenters. The zero-order valence-electron chi connectivity index (χ0n) is 19.7. The fourth-order valence-electron chi connectivity index (χ4n) is 5.02. The molecule has 3 heterocycles. The van der Waals surface area contributed by atoms with Crippen molar-refractivity contribution in [3.63, 3.8) is 0 Å². The number of carbonyl (C=O) groups is 1. The first-order valence-corrected chi connectivity index (χ1v) is 13.1. The second-order valence-corrected chi connectivity index (χ2v) is 10.8. The smallest absolute Gasteiger partial charge is 0.326 e. The molecular formula is C23H22F4N4O5S. The molecule has 2 aromatic carbocycles. The number of halogens is 4. The number of urea groups is 1. The van der Waals surface area contributed by atoms with Gasteiger partial charge in [0.2, 0.25) is 10.0 Å². The first kappa shape index (κ1) is 25.4. The Labute approximate surface area is 209 Å². The average molecular weight is 543 g/mol. The van der Waals surface area contributed by atoms with E-state index in [4.69, 9.17) is 9.26 Å². The number of sulfonamides is 1. The first-order valence-electron chi connectivity index (χ1n) is 11.2. The van der Waals surface area contributed by atoms with Gasteiger partial charge in [0.15, 0.2) is 11.4 Å². The van der Waals surface area contributed by atoms with E-state index in [-0.39, 0.29) is 47.5 Å². The Hall–Kier alpha value is -3.23. The Bertz CT molecular complexity index is 1480. The number of nitrogens with one attached hydrogen (secondary N) is 1. The minimum atomic E-state index is -3.97. The van der Waals surface area contributed by atoms with E-state index < -0.39 is 52.2 Å². The van der Waals surface area contributed by atoms with E-state index in [1.807, 2.05) is 4.72 Å². The molecule has 5 rings (SSSR count). The van der Waals surface area contributed by atoms with Gasteiger partial charge in [-0.2, -0.15) is 0 Å². The number of ether oxygens (including phenoxy) is 1. The summed E-state index contributed by atoms with van der Waals surface area (Å²) in [5, 5.41) is 4.08. The normalized spacial score (nSPS) is 21.6. The monoisotopic (exact) mass is 542 g/mol. The minimum absolute atomic E-state index is 0.0506. The van der Waals surface area contributed by atoms with Crippen LogP contribution in [-0.4, -0.2) is 69.0 Å². The van der Waals surface area contributed by atoms with Crippen LogP contribution in [0.4, 0.5) is 28.2 Å². The molecule has 2 fully saturated rings. The lowest BCUT2D eigenvalue weighted by Gasteiger charge is -2.37. The largest absolute Gasteiger partial charge is 0.380 e. The van der Waals surface area contributed by atoms with Gasteiger partial charge < -0.3 is 14.2 Å². The van der Waals surface area contributed by atoms with Gasteiger partial charge in [-0.05, 0) is 36.2 Å². The van der Waals surface area contributed by atoms with Crippen LogP contribution in [-0.2, 0) is 21.4 Å². The fraction of sp³-hybridized carbons (Fsp3) is 0.391. The van der Waals surface area contributed by atoms with E-state index in [9.17, 15) is 30.8 Å². The highest BCUT2D eigenvalue weighted by molar-refractivity contribution is 7.88. The first-order chi connectivity index (χ1) is 17.4. The summed E-state index contributed by atoms with van der Waals surface area (Å²) in [4.78, 5) is 15.4. The summed E-state index contributed by atoms with van der Waals surface area (Å²) >= 11 is 0. The van der Waals surface area contributed by atoms with Gasteiger partial charge in [0.05, 0.1) is 23.8 Å². The topological polar surface area (TPSA) is 105 Å². The van der Waals surface area contributed by atoms with E-state index in [0.29, 0.717) is 5.56 Å². The molecule has 1 aromatic heterocycles. The Morgan fingerprint density at radius 1 is 1.24 bits per heavy atom. The molecule has 3 aromatic rings. The molecule has 1 N–H and O–H groups in total. The number of aromatic nitrogens is 1. The number of carbonyl (C=O) groups excluding carboxylic acids is 1. The molecule has 9 nitrogen and oxygen atoms in total. The standard InChI is InChI=1S/C23H22F4N4O5S/c1-35-11-12-8-13(19-14(24)4-3-5-15(19)25)20-16(9-12)36-28-21(20)30-7-6-18-23(26,27)17(29-37(2,33)34)10-31(18)22(30)32/h3-5,8-9,17-18,29H,6-7,10-11H2,1-2H3/t17-,18-/m1/s1. The lowest BCUT2D eigenvalue weighted by molar-refractivity contribution is -0.0448. The Balaban J connectivity index is 1.60. The summed E-state index contributed by atoms with van der Waals surface area (Å²) < 4.78 is 95.3. The van der Waals surface area contributed by atoms with E-state index in [0.717, 1.165) is 28.2 Å². The van der Waals surface area contributed by atoms with Crippen LogP contribution in [0.15, 0.2) is 34.9 Å². The third-order valence-electron chi connectivity index (χ3n) is 6.54. The number of amides is 2. The van der Waals surface area contributed by atoms with Crippen LogP contribution in [0.1, 0.15) is 12.0 Å². The predicted molar refractivity (Wildman–Crippen MR) is 125 cm³/mol. The van der Waals surface area contributed by atoms with Crippen molar-refractivity contribution in [2.24, 2.45) is 0 Å². The summed E-state index contributed by atoms with van der Waals surface area (Å²) in [7, 11) is -2.52. The third-order valence-corrected chi connectivity index (χ3v) is 7.25. The number of hydrogen-bond donors (Lipinski definition) is 1. The molecule has 2 amide bonds. The number of benzene rings is 2. The lowest BCUT2D eigenvalue weighted by Crippen LogP contribution is -2.56. The Morgan fingerprint density at radius 3 is 2.59 bits per heavy atom. The van der Waals surface area contributed by atoms with Gasteiger partial charge in [-0.3, -0.25) is 4.90 Å². The molecule has 0 radical (unpaired) electrons. The van der Waals surface area contributed by atoms with E-state index in [1.165, 1.54) is 19.2 Å². The zero-order chi connectivity index (χ0) is 26.7. The second-order valence-electron chi connectivity index (χ2n) is 9.06.